The molecule has 2 heterocycles. The molecular weight excluding hydrogens is 345 g/mol. The van der Waals surface area contributed by atoms with Gasteiger partial charge in [-0.3, -0.25) is 14.6 Å². The molecule has 1 aromatic carbocycles. The number of rotatable bonds is 5. The summed E-state index contributed by atoms with van der Waals surface area (Å²) in [5, 5.41) is 3.00. The van der Waals surface area contributed by atoms with Crippen LogP contribution in [-0.2, 0) is 16.0 Å². The van der Waals surface area contributed by atoms with Crippen molar-refractivity contribution in [2.75, 3.05) is 13.1 Å². The summed E-state index contributed by atoms with van der Waals surface area (Å²) >= 11 is 0. The minimum atomic E-state index is -0.308. The number of carbonyl (C=O) groups excluding carboxylic acids is 2. The summed E-state index contributed by atoms with van der Waals surface area (Å²) in [5.41, 5.74) is 1.61. The highest BCUT2D eigenvalue weighted by molar-refractivity contribution is 5.79. The standard InChI is InChI=1S/C21H24FN3O2/c1-15(26)24-21(19-6-2-3-11-23-19)17-5-4-12-25(14-17)20(27)13-16-7-9-18(22)10-8-16/h2-3,6-11,17,21H,4-5,12-14H2,1H3,(H,24,26)/t17-,21+/m0/s1. The number of nitrogens with one attached hydrogen (secondary N) is 1. The second-order valence-corrected chi connectivity index (χ2v) is 6.98. The largest absolute Gasteiger partial charge is 0.348 e. The molecule has 0 saturated carbocycles. The molecule has 5 nitrogen and oxygen atoms in total. The molecule has 1 aromatic heterocycles. The molecule has 2 amide bonds. The predicted molar refractivity (Wildman–Crippen MR) is 100 cm³/mol. The molecular formula is C21H24FN3O2. The number of likely N-dealkylation sites (tertiary alicyclic amines) is 1. The number of amides is 2. The van der Waals surface area contributed by atoms with Crippen LogP contribution in [0.5, 0.6) is 0 Å². The van der Waals surface area contributed by atoms with Crippen LogP contribution in [0.2, 0.25) is 0 Å². The van der Waals surface area contributed by atoms with Crippen molar-refractivity contribution in [2.45, 2.75) is 32.2 Å². The summed E-state index contributed by atoms with van der Waals surface area (Å²) in [7, 11) is 0. The van der Waals surface area contributed by atoms with E-state index < -0.39 is 0 Å². The van der Waals surface area contributed by atoms with Gasteiger partial charge in [-0.05, 0) is 42.7 Å². The Bertz CT molecular complexity index is 780. The van der Waals surface area contributed by atoms with Gasteiger partial charge in [-0.2, -0.15) is 0 Å². The monoisotopic (exact) mass is 369 g/mol. The highest BCUT2D eigenvalue weighted by Gasteiger charge is 2.31. The van der Waals surface area contributed by atoms with Gasteiger partial charge in [0.15, 0.2) is 0 Å². The van der Waals surface area contributed by atoms with E-state index in [4.69, 9.17) is 0 Å². The van der Waals surface area contributed by atoms with Gasteiger partial charge in [0.25, 0.3) is 0 Å². The van der Waals surface area contributed by atoms with Crippen LogP contribution in [0.1, 0.15) is 37.1 Å². The lowest BCUT2D eigenvalue weighted by atomic mass is 9.88. The Morgan fingerprint density at radius 1 is 1.26 bits per heavy atom. The molecule has 0 unspecified atom stereocenters. The molecule has 3 rings (SSSR count). The first-order chi connectivity index (χ1) is 13.0. The number of pyridine rings is 1. The molecule has 0 spiro atoms. The first kappa shape index (κ1) is 19.0. The zero-order valence-corrected chi connectivity index (χ0v) is 15.4. The van der Waals surface area contributed by atoms with Crippen molar-refractivity contribution in [1.82, 2.24) is 15.2 Å². The number of carbonyl (C=O) groups is 2. The van der Waals surface area contributed by atoms with Crippen LogP contribution in [0, 0.1) is 11.7 Å². The van der Waals surface area contributed by atoms with Crippen LogP contribution >= 0.6 is 0 Å². The minimum absolute atomic E-state index is 0.0221. The van der Waals surface area contributed by atoms with Gasteiger partial charge in [-0.1, -0.05) is 18.2 Å². The molecule has 27 heavy (non-hydrogen) atoms. The van der Waals surface area contributed by atoms with Crippen molar-refractivity contribution in [3.63, 3.8) is 0 Å². The van der Waals surface area contributed by atoms with Crippen molar-refractivity contribution in [2.24, 2.45) is 5.92 Å². The van der Waals surface area contributed by atoms with E-state index in [0.717, 1.165) is 24.1 Å². The van der Waals surface area contributed by atoms with Gasteiger partial charge in [0.1, 0.15) is 5.82 Å². The van der Waals surface area contributed by atoms with Crippen molar-refractivity contribution >= 4 is 11.8 Å². The van der Waals surface area contributed by atoms with E-state index in [1.165, 1.54) is 19.1 Å². The maximum atomic E-state index is 13.0. The molecule has 142 valence electrons. The summed E-state index contributed by atoms with van der Waals surface area (Å²) in [6, 6.07) is 11.5. The first-order valence-corrected chi connectivity index (χ1v) is 9.23. The Morgan fingerprint density at radius 3 is 2.70 bits per heavy atom. The number of hydrogen-bond acceptors (Lipinski definition) is 3. The zero-order chi connectivity index (χ0) is 19.2. The number of piperidine rings is 1. The number of halogens is 1. The lowest BCUT2D eigenvalue weighted by Gasteiger charge is -2.37. The van der Waals surface area contributed by atoms with Crippen molar-refractivity contribution in [3.8, 4) is 0 Å². The quantitative estimate of drug-likeness (QED) is 0.882. The zero-order valence-electron chi connectivity index (χ0n) is 15.4. The third kappa shape index (κ3) is 5.12. The van der Waals surface area contributed by atoms with Crippen LogP contribution in [0.15, 0.2) is 48.7 Å². The molecule has 2 aromatic rings. The molecule has 1 N–H and O–H groups in total. The third-order valence-corrected chi connectivity index (χ3v) is 4.92. The normalized spacial score (nSPS) is 18.0. The van der Waals surface area contributed by atoms with Gasteiger partial charge >= 0.3 is 0 Å². The van der Waals surface area contributed by atoms with E-state index in [-0.39, 0.29) is 36.0 Å². The predicted octanol–water partition coefficient (Wildman–Crippen LogP) is 2.88. The first-order valence-electron chi connectivity index (χ1n) is 9.23. The van der Waals surface area contributed by atoms with Crippen LogP contribution in [0.25, 0.3) is 0 Å². The van der Waals surface area contributed by atoms with E-state index in [2.05, 4.69) is 10.3 Å². The fourth-order valence-electron chi connectivity index (χ4n) is 3.61. The smallest absolute Gasteiger partial charge is 0.226 e. The van der Waals surface area contributed by atoms with Gasteiger partial charge < -0.3 is 10.2 Å². The topological polar surface area (TPSA) is 62.3 Å². The van der Waals surface area contributed by atoms with Crippen molar-refractivity contribution in [1.29, 1.82) is 0 Å². The second kappa shape index (κ2) is 8.75. The fraction of sp³-hybridized carbons (Fsp3) is 0.381. The molecule has 1 fully saturated rings. The van der Waals surface area contributed by atoms with Gasteiger partial charge in [-0.25, -0.2) is 4.39 Å². The summed E-state index contributed by atoms with van der Waals surface area (Å²) in [6.07, 6.45) is 3.76. The Labute approximate surface area is 158 Å². The summed E-state index contributed by atoms with van der Waals surface area (Å²) < 4.78 is 13.0. The SMILES string of the molecule is CC(=O)N[C@@H](c1ccccn1)[C@H]1CCCN(C(=O)Cc2ccc(F)cc2)C1. The molecule has 0 radical (unpaired) electrons. The average molecular weight is 369 g/mol. The van der Waals surface area contributed by atoms with Crippen LogP contribution in [0.4, 0.5) is 4.39 Å². The van der Waals surface area contributed by atoms with E-state index in [9.17, 15) is 14.0 Å². The Hall–Kier alpha value is -2.76. The van der Waals surface area contributed by atoms with Crippen molar-refractivity contribution in [3.05, 3.63) is 65.7 Å². The molecule has 6 heteroatoms. The number of nitrogens with zero attached hydrogens (tertiary/aromatic N) is 2. The minimum Gasteiger partial charge on any atom is -0.348 e. The van der Waals surface area contributed by atoms with Crippen LogP contribution in [0.3, 0.4) is 0 Å². The summed E-state index contributed by atoms with van der Waals surface area (Å²) in [5.74, 6) is -0.290. The third-order valence-electron chi connectivity index (χ3n) is 4.92. The van der Waals surface area contributed by atoms with E-state index in [1.807, 2.05) is 23.1 Å². The van der Waals surface area contributed by atoms with Crippen LogP contribution in [-0.4, -0.2) is 34.8 Å². The molecule has 0 aliphatic carbocycles. The van der Waals surface area contributed by atoms with Gasteiger partial charge in [0.2, 0.25) is 11.8 Å². The van der Waals surface area contributed by atoms with Gasteiger partial charge in [0, 0.05) is 32.1 Å². The molecule has 1 aliphatic heterocycles. The van der Waals surface area contributed by atoms with E-state index in [0.29, 0.717) is 13.1 Å². The average Bonchev–Trinajstić information content (AvgIpc) is 2.68. The maximum absolute atomic E-state index is 13.0. The van der Waals surface area contributed by atoms with E-state index >= 15 is 0 Å². The maximum Gasteiger partial charge on any atom is 0.226 e. The summed E-state index contributed by atoms with van der Waals surface area (Å²) in [6.45, 7) is 2.77. The molecule has 1 aliphatic rings. The molecule has 1 saturated heterocycles. The van der Waals surface area contributed by atoms with E-state index in [1.54, 1.807) is 18.3 Å². The highest BCUT2D eigenvalue weighted by Crippen LogP contribution is 2.29. The number of benzene rings is 1. The van der Waals surface area contributed by atoms with Gasteiger partial charge in [-0.15, -0.1) is 0 Å². The Kier molecular flexibility index (Phi) is 6.16. The molecule has 0 bridgehead atoms. The second-order valence-electron chi connectivity index (χ2n) is 6.98. The summed E-state index contributed by atoms with van der Waals surface area (Å²) in [4.78, 5) is 30.7. The number of aromatic nitrogens is 1. The molecule has 2 atom stereocenters. The fourth-order valence-corrected chi connectivity index (χ4v) is 3.61. The highest BCUT2D eigenvalue weighted by atomic mass is 19.1. The van der Waals surface area contributed by atoms with Gasteiger partial charge in [0.05, 0.1) is 18.2 Å². The van der Waals surface area contributed by atoms with Crippen molar-refractivity contribution < 1.29 is 14.0 Å². The lowest BCUT2D eigenvalue weighted by molar-refractivity contribution is -0.132. The lowest BCUT2D eigenvalue weighted by Crippen LogP contribution is -2.45. The van der Waals surface area contributed by atoms with Crippen LogP contribution < -0.4 is 5.32 Å². The Morgan fingerprint density at radius 2 is 2.04 bits per heavy atom. The number of hydrogen-bond donors (Lipinski definition) is 1. The Balaban J connectivity index is 1.70.